The zero-order chi connectivity index (χ0) is 9.14. The van der Waals surface area contributed by atoms with Crippen molar-refractivity contribution in [2.24, 2.45) is 0 Å². The number of methoxy groups -OCH3 is 1. The maximum absolute atomic E-state index is 9.42. The Hall–Kier alpha value is -0.0951. The molecule has 0 aromatic carbocycles. The summed E-state index contributed by atoms with van der Waals surface area (Å²) in [6.07, 6.45) is -1.17. The number of aliphatic hydroxyl groups excluding tert-OH is 2. The maximum atomic E-state index is 9.42. The highest BCUT2D eigenvalue weighted by Crippen LogP contribution is 2.22. The van der Waals surface area contributed by atoms with Crippen molar-refractivity contribution < 1.29 is 19.7 Å². The molecule has 2 N–H and O–H groups in total. The number of rotatable bonds is 2. The van der Waals surface area contributed by atoms with Gasteiger partial charge < -0.3 is 19.7 Å². The van der Waals surface area contributed by atoms with Gasteiger partial charge >= 0.3 is 0 Å². The zero-order valence-corrected chi connectivity index (χ0v) is 7.43. The Morgan fingerprint density at radius 3 is 2.75 bits per heavy atom. The van der Waals surface area contributed by atoms with Crippen molar-refractivity contribution in [3.63, 3.8) is 0 Å². The Labute approximate surface area is 72.9 Å². The summed E-state index contributed by atoms with van der Waals surface area (Å²) in [6, 6.07) is 0. The van der Waals surface area contributed by atoms with Crippen LogP contribution < -0.4 is 0 Å². The fourth-order valence-corrected chi connectivity index (χ4v) is 1.40. The summed E-state index contributed by atoms with van der Waals surface area (Å²) in [5.74, 6) is 0. The minimum Gasteiger partial charge on any atom is -0.390 e. The average molecular weight is 174 g/mol. The van der Waals surface area contributed by atoms with Crippen molar-refractivity contribution in [2.45, 2.75) is 37.3 Å². The van der Waals surface area contributed by atoms with Crippen LogP contribution in [0.4, 0.5) is 0 Å². The number of ether oxygens (including phenoxy) is 2. The van der Waals surface area contributed by atoms with E-state index in [4.69, 9.17) is 9.47 Å². The van der Waals surface area contributed by atoms with E-state index in [1.165, 1.54) is 7.11 Å². The van der Waals surface area contributed by atoms with Crippen LogP contribution in [0.1, 0.15) is 6.42 Å². The van der Waals surface area contributed by atoms with Crippen LogP contribution in [0.15, 0.2) is 0 Å². The molecule has 2 unspecified atom stereocenters. The molecule has 1 aliphatic rings. The van der Waals surface area contributed by atoms with E-state index in [-0.39, 0.29) is 12.4 Å². The van der Waals surface area contributed by atoms with Crippen LogP contribution in [0.2, 0.25) is 6.32 Å². The van der Waals surface area contributed by atoms with Gasteiger partial charge in [-0.1, -0.05) is 6.32 Å². The predicted octanol–water partition coefficient (Wildman–Crippen LogP) is -1.48. The van der Waals surface area contributed by atoms with Crippen LogP contribution in [0, 0.1) is 0 Å². The molecule has 0 aromatic heterocycles. The molecule has 12 heavy (non-hydrogen) atoms. The van der Waals surface area contributed by atoms with Crippen LogP contribution in [0.5, 0.6) is 0 Å². The van der Waals surface area contributed by atoms with E-state index in [1.54, 1.807) is 0 Å². The van der Waals surface area contributed by atoms with E-state index in [0.717, 1.165) is 0 Å². The van der Waals surface area contributed by atoms with Crippen LogP contribution in [0.3, 0.4) is 0 Å². The molecular formula is C7H15BO4. The molecule has 4 atom stereocenters. The molecule has 5 heteroatoms. The van der Waals surface area contributed by atoms with Gasteiger partial charge in [-0.05, 0) is 0 Å². The van der Waals surface area contributed by atoms with E-state index < -0.39 is 12.2 Å². The summed E-state index contributed by atoms with van der Waals surface area (Å²) < 4.78 is 10.3. The monoisotopic (exact) mass is 174 g/mol. The molecule has 0 saturated carbocycles. The third-order valence-electron chi connectivity index (χ3n) is 2.20. The van der Waals surface area contributed by atoms with Crippen molar-refractivity contribution in [3.8, 4) is 0 Å². The smallest absolute Gasteiger partial charge is 0.160 e. The Bertz CT molecular complexity index is 143. The maximum Gasteiger partial charge on any atom is 0.160 e. The van der Waals surface area contributed by atoms with Gasteiger partial charge in [0.2, 0.25) is 0 Å². The molecule has 1 fully saturated rings. The van der Waals surface area contributed by atoms with Crippen LogP contribution in [-0.2, 0) is 9.47 Å². The van der Waals surface area contributed by atoms with Gasteiger partial charge in [0.1, 0.15) is 14.0 Å². The zero-order valence-electron chi connectivity index (χ0n) is 7.43. The molecule has 70 valence electrons. The van der Waals surface area contributed by atoms with Crippen molar-refractivity contribution in [3.05, 3.63) is 0 Å². The van der Waals surface area contributed by atoms with Gasteiger partial charge in [0, 0.05) is 13.5 Å². The van der Waals surface area contributed by atoms with E-state index in [1.807, 2.05) is 7.85 Å². The Morgan fingerprint density at radius 2 is 2.25 bits per heavy atom. The highest BCUT2D eigenvalue weighted by molar-refractivity contribution is 6.08. The second kappa shape index (κ2) is 4.23. The lowest BCUT2D eigenvalue weighted by Crippen LogP contribution is -2.48. The van der Waals surface area contributed by atoms with Crippen molar-refractivity contribution in [1.29, 1.82) is 0 Å². The van der Waals surface area contributed by atoms with Crippen molar-refractivity contribution in [1.82, 2.24) is 0 Å². The van der Waals surface area contributed by atoms with E-state index in [0.29, 0.717) is 12.7 Å². The third kappa shape index (κ3) is 1.98. The second-order valence-electron chi connectivity index (χ2n) is 3.04. The number of aliphatic hydroxyl groups is 2. The summed E-state index contributed by atoms with van der Waals surface area (Å²) in [7, 11) is 3.43. The minimum atomic E-state index is -0.776. The van der Waals surface area contributed by atoms with E-state index in [2.05, 4.69) is 0 Å². The van der Waals surface area contributed by atoms with Gasteiger partial charge in [-0.15, -0.1) is 0 Å². The number of hydrogen-bond donors (Lipinski definition) is 2. The van der Waals surface area contributed by atoms with Gasteiger partial charge in [0.15, 0.2) is 6.29 Å². The Morgan fingerprint density at radius 1 is 1.58 bits per heavy atom. The Kier molecular flexibility index (Phi) is 3.52. The molecule has 1 aliphatic heterocycles. The molecule has 1 rings (SSSR count). The standard InChI is InChI=1S/C7H15BO4/c1-11-6-2-4(9)7(10)5(3-8)12-6/h4-7,9-10H,2-3,8H2,1H3/t4-,5?,6?,7+/m1/s1. The molecule has 0 amide bonds. The largest absolute Gasteiger partial charge is 0.390 e. The van der Waals surface area contributed by atoms with Gasteiger partial charge in [-0.2, -0.15) is 0 Å². The first-order valence-electron chi connectivity index (χ1n) is 4.23. The normalized spacial score (nSPS) is 42.9. The van der Waals surface area contributed by atoms with Crippen LogP contribution in [-0.4, -0.2) is 49.8 Å². The summed E-state index contributed by atoms with van der Waals surface area (Å²) >= 11 is 0. The van der Waals surface area contributed by atoms with Gasteiger partial charge in [0.05, 0.1) is 12.2 Å². The van der Waals surface area contributed by atoms with Crippen molar-refractivity contribution in [2.75, 3.05) is 7.11 Å². The molecule has 1 heterocycles. The summed E-state index contributed by atoms with van der Waals surface area (Å²) in [6.45, 7) is 0. The molecule has 0 radical (unpaired) electrons. The lowest BCUT2D eigenvalue weighted by atomic mass is 9.90. The number of hydrogen-bond acceptors (Lipinski definition) is 4. The van der Waals surface area contributed by atoms with Crippen molar-refractivity contribution >= 4 is 7.85 Å². The van der Waals surface area contributed by atoms with Gasteiger partial charge in [-0.25, -0.2) is 0 Å². The third-order valence-corrected chi connectivity index (χ3v) is 2.20. The second-order valence-corrected chi connectivity index (χ2v) is 3.04. The van der Waals surface area contributed by atoms with Crippen LogP contribution >= 0.6 is 0 Å². The topological polar surface area (TPSA) is 58.9 Å². The molecular weight excluding hydrogens is 159 g/mol. The highest BCUT2D eigenvalue weighted by atomic mass is 16.7. The van der Waals surface area contributed by atoms with Gasteiger partial charge in [-0.3, -0.25) is 0 Å². The first-order chi connectivity index (χ1) is 5.69. The summed E-state index contributed by atoms with van der Waals surface area (Å²) in [5.41, 5.74) is 0. The summed E-state index contributed by atoms with van der Waals surface area (Å²) in [4.78, 5) is 0. The SMILES string of the molecule is BCC1OC(OC)C[C@@H](O)[C@@H]1O. The lowest BCUT2D eigenvalue weighted by Gasteiger charge is -2.35. The molecule has 0 bridgehead atoms. The molecule has 1 saturated heterocycles. The first-order valence-corrected chi connectivity index (χ1v) is 4.23. The van der Waals surface area contributed by atoms with E-state index >= 15 is 0 Å². The first kappa shape index (κ1) is 9.99. The quantitative estimate of drug-likeness (QED) is 0.501. The fraction of sp³-hybridized carbons (Fsp3) is 1.00. The predicted molar refractivity (Wildman–Crippen MR) is 45.7 cm³/mol. The molecule has 0 aliphatic carbocycles. The molecule has 4 nitrogen and oxygen atoms in total. The average Bonchev–Trinajstić information content (AvgIpc) is 2.09. The van der Waals surface area contributed by atoms with Crippen LogP contribution in [0.25, 0.3) is 0 Å². The molecule has 0 spiro atoms. The Balaban J connectivity index is 2.52. The fourth-order valence-electron chi connectivity index (χ4n) is 1.40. The van der Waals surface area contributed by atoms with E-state index in [9.17, 15) is 10.2 Å². The highest BCUT2D eigenvalue weighted by Gasteiger charge is 2.35. The molecule has 0 aromatic rings. The summed E-state index contributed by atoms with van der Waals surface area (Å²) in [5, 5.41) is 18.8. The van der Waals surface area contributed by atoms with Gasteiger partial charge in [0.25, 0.3) is 0 Å². The minimum absolute atomic E-state index is 0.307. The lowest BCUT2D eigenvalue weighted by molar-refractivity contribution is -0.236.